The van der Waals surface area contributed by atoms with Crippen LogP contribution >= 0.6 is 0 Å². The first-order valence-corrected chi connectivity index (χ1v) is 7.42. The number of hydrogen-bond acceptors (Lipinski definition) is 4. The predicted octanol–water partition coefficient (Wildman–Crippen LogP) is 1.22. The Morgan fingerprint density at radius 1 is 1.32 bits per heavy atom. The predicted molar refractivity (Wildman–Crippen MR) is 61.9 cm³/mol. The van der Waals surface area contributed by atoms with E-state index in [9.17, 15) is 31.5 Å². The van der Waals surface area contributed by atoms with Gasteiger partial charge in [-0.05, 0) is 19.3 Å². The van der Waals surface area contributed by atoms with Gasteiger partial charge >= 0.3 is 6.18 Å². The maximum Gasteiger partial charge on any atom is 0.390 e. The SMILES string of the molecule is C=CCCCCC(C(=O)[O-])S(=O)(=O)CCC(F)(F)F. The van der Waals surface area contributed by atoms with Gasteiger partial charge in [0, 0.05) is 0 Å². The third-order valence-electron chi connectivity index (χ3n) is 2.49. The van der Waals surface area contributed by atoms with Gasteiger partial charge in [0.15, 0.2) is 9.84 Å². The van der Waals surface area contributed by atoms with Crippen LogP contribution in [0.4, 0.5) is 13.2 Å². The molecule has 0 heterocycles. The topological polar surface area (TPSA) is 74.3 Å². The van der Waals surface area contributed by atoms with Gasteiger partial charge in [0.2, 0.25) is 0 Å². The zero-order valence-corrected chi connectivity index (χ0v) is 11.1. The van der Waals surface area contributed by atoms with Gasteiger partial charge < -0.3 is 9.90 Å². The molecule has 1 atom stereocenters. The first kappa shape index (κ1) is 17.9. The minimum atomic E-state index is -4.63. The average Bonchev–Trinajstić information content (AvgIpc) is 2.25. The highest BCUT2D eigenvalue weighted by atomic mass is 32.2. The lowest BCUT2D eigenvalue weighted by Crippen LogP contribution is -2.42. The third-order valence-corrected chi connectivity index (χ3v) is 4.56. The van der Waals surface area contributed by atoms with E-state index in [1.54, 1.807) is 6.08 Å². The van der Waals surface area contributed by atoms with Crippen LogP contribution in [0.5, 0.6) is 0 Å². The van der Waals surface area contributed by atoms with Crippen molar-refractivity contribution >= 4 is 15.8 Å². The molecule has 0 aliphatic carbocycles. The molecule has 0 aliphatic rings. The molecule has 8 heteroatoms. The Morgan fingerprint density at radius 2 is 1.89 bits per heavy atom. The minimum absolute atomic E-state index is 0.240. The number of carboxylic acids is 1. The molecule has 112 valence electrons. The quantitative estimate of drug-likeness (QED) is 0.474. The fourth-order valence-corrected chi connectivity index (χ4v) is 3.08. The summed E-state index contributed by atoms with van der Waals surface area (Å²) in [5.74, 6) is -3.07. The fourth-order valence-electron chi connectivity index (χ4n) is 1.46. The Bertz CT molecular complexity index is 401. The second kappa shape index (κ2) is 7.52. The Hall–Kier alpha value is -1.05. The van der Waals surface area contributed by atoms with Gasteiger partial charge in [-0.3, -0.25) is 0 Å². The molecule has 1 unspecified atom stereocenters. The van der Waals surface area contributed by atoms with Crippen molar-refractivity contribution in [1.82, 2.24) is 0 Å². The summed E-state index contributed by atoms with van der Waals surface area (Å²) in [4.78, 5) is 10.7. The molecule has 0 aliphatic heterocycles. The van der Waals surface area contributed by atoms with Crippen molar-refractivity contribution in [3.8, 4) is 0 Å². The molecular weight excluding hydrogens is 285 g/mol. The molecule has 0 saturated carbocycles. The highest BCUT2D eigenvalue weighted by Crippen LogP contribution is 2.22. The maximum absolute atomic E-state index is 12.0. The smallest absolute Gasteiger partial charge is 0.390 e. The Labute approximate surface area is 110 Å². The maximum atomic E-state index is 12.0. The van der Waals surface area contributed by atoms with Crippen LogP contribution in [0.2, 0.25) is 0 Å². The summed E-state index contributed by atoms with van der Waals surface area (Å²) < 4.78 is 59.0. The number of rotatable bonds is 9. The van der Waals surface area contributed by atoms with E-state index in [-0.39, 0.29) is 12.8 Å². The van der Waals surface area contributed by atoms with Gasteiger partial charge in [0.1, 0.15) is 5.25 Å². The first-order valence-electron chi connectivity index (χ1n) is 5.70. The van der Waals surface area contributed by atoms with Gasteiger partial charge in [-0.25, -0.2) is 8.42 Å². The van der Waals surface area contributed by atoms with Crippen LogP contribution in [0.25, 0.3) is 0 Å². The molecule has 0 radical (unpaired) electrons. The third kappa shape index (κ3) is 7.86. The monoisotopic (exact) mass is 301 g/mol. The Kier molecular flexibility index (Phi) is 7.10. The summed E-state index contributed by atoms with van der Waals surface area (Å²) in [5.41, 5.74) is 0. The molecule has 19 heavy (non-hydrogen) atoms. The lowest BCUT2D eigenvalue weighted by molar-refractivity contribution is -0.305. The summed E-state index contributed by atoms with van der Waals surface area (Å²) in [6, 6.07) is 0. The lowest BCUT2D eigenvalue weighted by atomic mass is 10.1. The zero-order chi connectivity index (χ0) is 15.1. The van der Waals surface area contributed by atoms with Crippen LogP contribution < -0.4 is 5.11 Å². The molecule has 0 spiro atoms. The summed E-state index contributed by atoms with van der Waals surface area (Å²) >= 11 is 0. The highest BCUT2D eigenvalue weighted by Gasteiger charge is 2.33. The minimum Gasteiger partial charge on any atom is -0.549 e. The second-order valence-corrected chi connectivity index (χ2v) is 6.42. The fraction of sp³-hybridized carbons (Fsp3) is 0.727. The number of hydrogen-bond donors (Lipinski definition) is 0. The molecule has 0 aromatic carbocycles. The lowest BCUT2D eigenvalue weighted by Gasteiger charge is -2.19. The first-order chi connectivity index (χ1) is 8.60. The van der Waals surface area contributed by atoms with Crippen molar-refractivity contribution in [2.45, 2.75) is 43.5 Å². The molecule has 4 nitrogen and oxygen atoms in total. The van der Waals surface area contributed by atoms with Crippen LogP contribution in [0.15, 0.2) is 12.7 Å². The van der Waals surface area contributed by atoms with Gasteiger partial charge in [0.05, 0.1) is 18.1 Å². The number of carbonyl (C=O) groups is 1. The number of halogens is 3. The van der Waals surface area contributed by atoms with E-state index in [2.05, 4.69) is 6.58 Å². The summed E-state index contributed by atoms with van der Waals surface area (Å²) in [5, 5.41) is 8.87. The molecule has 0 amide bonds. The Morgan fingerprint density at radius 3 is 2.32 bits per heavy atom. The summed E-state index contributed by atoms with van der Waals surface area (Å²) in [7, 11) is -4.35. The Balaban J connectivity index is 4.58. The van der Waals surface area contributed by atoms with Crippen LogP contribution in [0.1, 0.15) is 32.1 Å². The van der Waals surface area contributed by atoms with Gasteiger partial charge in [-0.2, -0.15) is 13.2 Å². The normalized spacial score (nSPS) is 14.1. The van der Waals surface area contributed by atoms with E-state index in [1.807, 2.05) is 0 Å². The van der Waals surface area contributed by atoms with E-state index in [0.717, 1.165) is 0 Å². The molecule has 0 aromatic rings. The van der Waals surface area contributed by atoms with Crippen molar-refractivity contribution in [3.63, 3.8) is 0 Å². The van der Waals surface area contributed by atoms with E-state index in [4.69, 9.17) is 0 Å². The molecule has 0 fully saturated rings. The van der Waals surface area contributed by atoms with Crippen LogP contribution in [0, 0.1) is 0 Å². The van der Waals surface area contributed by atoms with Crippen molar-refractivity contribution < 1.29 is 31.5 Å². The number of carbonyl (C=O) groups excluding carboxylic acids is 1. The molecule has 0 rings (SSSR count). The molecule has 0 bridgehead atoms. The van der Waals surface area contributed by atoms with Gasteiger partial charge in [0.25, 0.3) is 0 Å². The summed E-state index contributed by atoms with van der Waals surface area (Å²) in [6.07, 6.45) is -3.44. The van der Waals surface area contributed by atoms with Crippen molar-refractivity contribution in [2.24, 2.45) is 0 Å². The van der Waals surface area contributed by atoms with Gasteiger partial charge in [-0.15, -0.1) is 6.58 Å². The van der Waals surface area contributed by atoms with Crippen LogP contribution in [-0.4, -0.2) is 31.6 Å². The number of sulfone groups is 1. The molecule has 0 saturated heterocycles. The van der Waals surface area contributed by atoms with E-state index >= 15 is 0 Å². The summed E-state index contributed by atoms with van der Waals surface area (Å²) in [6.45, 7) is 3.45. The molecule has 0 aromatic heterocycles. The van der Waals surface area contributed by atoms with Crippen LogP contribution in [0.3, 0.4) is 0 Å². The second-order valence-electron chi connectivity index (χ2n) is 4.11. The van der Waals surface area contributed by atoms with Crippen LogP contribution in [-0.2, 0) is 14.6 Å². The van der Waals surface area contributed by atoms with Gasteiger partial charge in [-0.1, -0.05) is 12.5 Å². The molecular formula is C11H16F3O4S-. The molecule has 0 N–H and O–H groups in total. The highest BCUT2D eigenvalue weighted by molar-refractivity contribution is 7.92. The van der Waals surface area contributed by atoms with Crippen molar-refractivity contribution in [3.05, 3.63) is 12.7 Å². The standard InChI is InChI=1S/C11H17F3O4S/c1-2-3-4-5-6-9(10(15)16)19(17,18)8-7-11(12,13)14/h2,9H,1,3-8H2,(H,15,16)/p-1. The number of carboxylic acid groups (broad SMARTS) is 1. The van der Waals surface area contributed by atoms with Crippen molar-refractivity contribution in [2.75, 3.05) is 5.75 Å². The van der Waals surface area contributed by atoms with E-state index in [0.29, 0.717) is 12.8 Å². The average molecular weight is 301 g/mol. The number of aliphatic carboxylic acids is 1. The number of allylic oxidation sites excluding steroid dienone is 1. The van der Waals surface area contributed by atoms with E-state index < -0.39 is 39.4 Å². The van der Waals surface area contributed by atoms with E-state index in [1.165, 1.54) is 0 Å². The largest absolute Gasteiger partial charge is 0.549 e. The number of unbranched alkanes of at least 4 members (excludes halogenated alkanes) is 2. The number of alkyl halides is 3. The zero-order valence-electron chi connectivity index (χ0n) is 10.3. The van der Waals surface area contributed by atoms with Crippen molar-refractivity contribution in [1.29, 1.82) is 0 Å².